The molecule has 1 rings (SSSR count). The fraction of sp³-hybridized carbons (Fsp3) is 0.700. The molecule has 16 heavy (non-hydrogen) atoms. The SMILES string of the molecule is Cc1nn(C)c(S[C@@H](C)C(C)C)c1[N+](=O)[O-]. The number of hydrogen-bond acceptors (Lipinski definition) is 4. The summed E-state index contributed by atoms with van der Waals surface area (Å²) < 4.78 is 1.59. The molecule has 0 aliphatic carbocycles. The number of aryl methyl sites for hydroxylation is 2. The van der Waals surface area contributed by atoms with Crippen molar-refractivity contribution in [2.75, 3.05) is 0 Å². The van der Waals surface area contributed by atoms with Crippen LogP contribution >= 0.6 is 11.8 Å². The zero-order valence-corrected chi connectivity index (χ0v) is 11.0. The summed E-state index contributed by atoms with van der Waals surface area (Å²) in [6.45, 7) is 7.95. The lowest BCUT2D eigenvalue weighted by atomic mass is 10.2. The molecule has 0 fully saturated rings. The van der Waals surface area contributed by atoms with Gasteiger partial charge in [0.25, 0.3) is 0 Å². The van der Waals surface area contributed by atoms with Gasteiger partial charge in [-0.15, -0.1) is 0 Å². The second kappa shape index (κ2) is 4.86. The van der Waals surface area contributed by atoms with Crippen LogP contribution in [0.4, 0.5) is 5.69 Å². The average molecular weight is 243 g/mol. The summed E-state index contributed by atoms with van der Waals surface area (Å²) in [5, 5.41) is 16.0. The number of nitrogens with zero attached hydrogens (tertiary/aromatic N) is 3. The van der Waals surface area contributed by atoms with Crippen molar-refractivity contribution >= 4 is 17.4 Å². The van der Waals surface area contributed by atoms with Crippen molar-refractivity contribution in [1.82, 2.24) is 9.78 Å². The molecule has 0 amide bonds. The second-order valence-corrected chi connectivity index (χ2v) is 5.55. The molecule has 0 saturated carbocycles. The van der Waals surface area contributed by atoms with Gasteiger partial charge in [0.2, 0.25) is 0 Å². The van der Waals surface area contributed by atoms with Crippen LogP contribution in [-0.2, 0) is 7.05 Å². The molecule has 0 aromatic carbocycles. The molecule has 0 bridgehead atoms. The predicted molar refractivity (Wildman–Crippen MR) is 64.8 cm³/mol. The van der Waals surface area contributed by atoms with Crippen LogP contribution in [0, 0.1) is 23.0 Å². The van der Waals surface area contributed by atoms with Crippen LogP contribution in [-0.4, -0.2) is 20.0 Å². The largest absolute Gasteiger partial charge is 0.323 e. The van der Waals surface area contributed by atoms with Crippen molar-refractivity contribution in [2.24, 2.45) is 13.0 Å². The van der Waals surface area contributed by atoms with Crippen molar-refractivity contribution in [3.63, 3.8) is 0 Å². The Hall–Kier alpha value is -1.04. The molecule has 0 radical (unpaired) electrons. The number of hydrogen-bond donors (Lipinski definition) is 0. The minimum Gasteiger partial charge on any atom is -0.258 e. The first-order chi connectivity index (χ1) is 7.34. The van der Waals surface area contributed by atoms with Crippen molar-refractivity contribution < 1.29 is 4.92 Å². The first kappa shape index (κ1) is 13.0. The van der Waals surface area contributed by atoms with E-state index in [0.29, 0.717) is 21.9 Å². The third kappa shape index (κ3) is 2.55. The Morgan fingerprint density at radius 2 is 2.00 bits per heavy atom. The van der Waals surface area contributed by atoms with Gasteiger partial charge in [-0.05, 0) is 12.8 Å². The Morgan fingerprint density at radius 1 is 1.44 bits per heavy atom. The van der Waals surface area contributed by atoms with E-state index in [1.807, 2.05) is 0 Å². The Labute approximate surface area is 99.4 Å². The number of nitro groups is 1. The number of aromatic nitrogens is 2. The molecule has 0 aliphatic rings. The van der Waals surface area contributed by atoms with Gasteiger partial charge < -0.3 is 0 Å². The Balaban J connectivity index is 3.07. The van der Waals surface area contributed by atoms with Crippen LogP contribution in [0.15, 0.2) is 5.03 Å². The summed E-state index contributed by atoms with van der Waals surface area (Å²) in [4.78, 5) is 10.6. The predicted octanol–water partition coefficient (Wildman–Crippen LogP) is 2.77. The monoisotopic (exact) mass is 243 g/mol. The van der Waals surface area contributed by atoms with E-state index in [4.69, 9.17) is 0 Å². The van der Waals surface area contributed by atoms with E-state index in [-0.39, 0.29) is 10.6 Å². The lowest BCUT2D eigenvalue weighted by Crippen LogP contribution is -2.07. The van der Waals surface area contributed by atoms with Crippen LogP contribution < -0.4 is 0 Å². The topological polar surface area (TPSA) is 61.0 Å². The van der Waals surface area contributed by atoms with Crippen LogP contribution in [0.2, 0.25) is 0 Å². The molecule has 6 heteroatoms. The Morgan fingerprint density at radius 3 is 2.44 bits per heavy atom. The molecule has 0 saturated heterocycles. The van der Waals surface area contributed by atoms with Gasteiger partial charge >= 0.3 is 5.69 Å². The number of thioether (sulfide) groups is 1. The highest BCUT2D eigenvalue weighted by Crippen LogP contribution is 2.35. The van der Waals surface area contributed by atoms with Gasteiger partial charge in [-0.25, -0.2) is 0 Å². The van der Waals surface area contributed by atoms with E-state index < -0.39 is 0 Å². The fourth-order valence-electron chi connectivity index (χ4n) is 1.28. The van der Waals surface area contributed by atoms with Gasteiger partial charge in [-0.1, -0.05) is 32.5 Å². The standard InChI is InChI=1S/C10H17N3O2S/c1-6(2)8(4)16-10-9(13(14)15)7(3)11-12(10)5/h6,8H,1-5H3/t8-/m0/s1. The molecule has 0 aliphatic heterocycles. The highest BCUT2D eigenvalue weighted by molar-refractivity contribution is 8.00. The van der Waals surface area contributed by atoms with Crippen molar-refractivity contribution in [2.45, 2.75) is 38.0 Å². The Kier molecular flexibility index (Phi) is 3.96. The lowest BCUT2D eigenvalue weighted by molar-refractivity contribution is -0.388. The molecule has 90 valence electrons. The van der Waals surface area contributed by atoms with Gasteiger partial charge in [0.15, 0.2) is 5.03 Å². The third-order valence-electron chi connectivity index (χ3n) is 2.56. The molecule has 0 unspecified atom stereocenters. The first-order valence-electron chi connectivity index (χ1n) is 5.19. The molecular formula is C10H17N3O2S. The smallest absolute Gasteiger partial charge is 0.258 e. The van der Waals surface area contributed by atoms with Crippen LogP contribution in [0.5, 0.6) is 0 Å². The van der Waals surface area contributed by atoms with E-state index >= 15 is 0 Å². The van der Waals surface area contributed by atoms with E-state index in [2.05, 4.69) is 25.9 Å². The minimum absolute atomic E-state index is 0.139. The maximum absolute atomic E-state index is 10.9. The fourth-order valence-corrected chi connectivity index (χ4v) is 2.43. The van der Waals surface area contributed by atoms with Crippen molar-refractivity contribution in [3.8, 4) is 0 Å². The van der Waals surface area contributed by atoms with Crippen molar-refractivity contribution in [3.05, 3.63) is 15.8 Å². The summed E-state index contributed by atoms with van der Waals surface area (Å²) in [6.07, 6.45) is 0. The second-order valence-electron chi connectivity index (χ2n) is 4.19. The molecule has 1 atom stereocenters. The maximum Gasteiger partial charge on any atom is 0.323 e. The minimum atomic E-state index is -0.349. The van der Waals surface area contributed by atoms with Crippen LogP contribution in [0.25, 0.3) is 0 Å². The molecule has 1 aromatic heterocycles. The summed E-state index contributed by atoms with van der Waals surface area (Å²) in [6, 6.07) is 0. The molecule has 0 spiro atoms. The average Bonchev–Trinajstić information content (AvgIpc) is 2.41. The molecule has 0 N–H and O–H groups in total. The summed E-state index contributed by atoms with van der Waals surface area (Å²) >= 11 is 1.51. The van der Waals surface area contributed by atoms with E-state index in [1.165, 1.54) is 11.8 Å². The van der Waals surface area contributed by atoms with Gasteiger partial charge in [0, 0.05) is 12.3 Å². The molecule has 1 heterocycles. The highest BCUT2D eigenvalue weighted by atomic mass is 32.2. The summed E-state index contributed by atoms with van der Waals surface area (Å²) in [7, 11) is 1.75. The van der Waals surface area contributed by atoms with Crippen LogP contribution in [0.1, 0.15) is 26.5 Å². The highest BCUT2D eigenvalue weighted by Gasteiger charge is 2.26. The normalized spacial score (nSPS) is 13.1. The van der Waals surface area contributed by atoms with Gasteiger partial charge in [0.05, 0.1) is 4.92 Å². The zero-order valence-electron chi connectivity index (χ0n) is 10.2. The summed E-state index contributed by atoms with van der Waals surface area (Å²) in [5.74, 6) is 0.472. The van der Waals surface area contributed by atoms with Crippen molar-refractivity contribution in [1.29, 1.82) is 0 Å². The van der Waals surface area contributed by atoms with Gasteiger partial charge in [0.1, 0.15) is 5.69 Å². The lowest BCUT2D eigenvalue weighted by Gasteiger charge is -2.14. The molecule has 5 nitrogen and oxygen atoms in total. The first-order valence-corrected chi connectivity index (χ1v) is 6.07. The quantitative estimate of drug-likeness (QED) is 0.463. The van der Waals surface area contributed by atoms with E-state index in [0.717, 1.165) is 0 Å². The third-order valence-corrected chi connectivity index (χ3v) is 4.16. The maximum atomic E-state index is 10.9. The number of rotatable bonds is 4. The molecule has 1 aromatic rings. The van der Waals surface area contributed by atoms with E-state index in [1.54, 1.807) is 18.7 Å². The molecular weight excluding hydrogens is 226 g/mol. The van der Waals surface area contributed by atoms with Gasteiger partial charge in [-0.3, -0.25) is 14.8 Å². The Bertz CT molecular complexity index is 401. The van der Waals surface area contributed by atoms with Crippen LogP contribution in [0.3, 0.4) is 0 Å². The van der Waals surface area contributed by atoms with E-state index in [9.17, 15) is 10.1 Å². The zero-order chi connectivity index (χ0) is 12.5. The van der Waals surface area contributed by atoms with Gasteiger partial charge in [-0.2, -0.15) is 5.10 Å². The summed E-state index contributed by atoms with van der Waals surface area (Å²) in [5.41, 5.74) is 0.617.